The minimum absolute atomic E-state index is 0.0108. The van der Waals surface area contributed by atoms with E-state index in [0.29, 0.717) is 24.2 Å². The fraction of sp³-hybridized carbons (Fsp3) is 0.609. The number of aromatic nitrogens is 2. The quantitative estimate of drug-likeness (QED) is 0.785. The maximum absolute atomic E-state index is 13.3. The first-order valence-electron chi connectivity index (χ1n) is 11.0. The summed E-state index contributed by atoms with van der Waals surface area (Å²) in [6, 6.07) is 9.92. The summed E-state index contributed by atoms with van der Waals surface area (Å²) in [5.74, 6) is 1.91. The molecule has 1 saturated carbocycles. The Morgan fingerprint density at radius 3 is 2.59 bits per heavy atom. The van der Waals surface area contributed by atoms with E-state index < -0.39 is 0 Å². The van der Waals surface area contributed by atoms with E-state index in [4.69, 9.17) is 14.2 Å². The van der Waals surface area contributed by atoms with E-state index in [-0.39, 0.29) is 17.3 Å². The van der Waals surface area contributed by atoms with Gasteiger partial charge in [-0.1, -0.05) is 54.8 Å². The summed E-state index contributed by atoms with van der Waals surface area (Å²) in [5, 5.41) is 4.25. The maximum atomic E-state index is 13.3. The van der Waals surface area contributed by atoms with Crippen molar-refractivity contribution in [3.8, 4) is 11.4 Å². The van der Waals surface area contributed by atoms with Gasteiger partial charge in [-0.3, -0.25) is 4.79 Å². The van der Waals surface area contributed by atoms with Crippen LogP contribution in [0.1, 0.15) is 56.8 Å². The smallest absolute Gasteiger partial charge is 0.232 e. The van der Waals surface area contributed by atoms with Gasteiger partial charge >= 0.3 is 0 Å². The van der Waals surface area contributed by atoms with Crippen LogP contribution in [0.5, 0.6) is 0 Å². The molecule has 6 nitrogen and oxygen atoms in total. The van der Waals surface area contributed by atoms with Crippen molar-refractivity contribution >= 4 is 5.91 Å². The number of carbonyl (C=O) groups is 1. The van der Waals surface area contributed by atoms with Gasteiger partial charge in [0, 0.05) is 43.2 Å². The summed E-state index contributed by atoms with van der Waals surface area (Å²) in [5.41, 5.74) is 0.944. The Hall–Kier alpha value is -2.21. The van der Waals surface area contributed by atoms with Crippen LogP contribution in [0, 0.1) is 11.3 Å². The van der Waals surface area contributed by atoms with Gasteiger partial charge in [-0.05, 0) is 25.7 Å². The highest BCUT2D eigenvalue weighted by atomic mass is 16.5. The van der Waals surface area contributed by atoms with Gasteiger partial charge in [0.05, 0.1) is 5.92 Å². The van der Waals surface area contributed by atoms with E-state index in [2.05, 4.69) is 10.1 Å². The minimum Gasteiger partial charge on any atom is -0.381 e. The van der Waals surface area contributed by atoms with Crippen molar-refractivity contribution in [2.75, 3.05) is 26.3 Å². The van der Waals surface area contributed by atoms with Gasteiger partial charge in [-0.15, -0.1) is 0 Å². The first-order valence-corrected chi connectivity index (χ1v) is 11.0. The zero-order valence-corrected chi connectivity index (χ0v) is 16.9. The lowest BCUT2D eigenvalue weighted by atomic mass is 9.72. The molecule has 29 heavy (non-hydrogen) atoms. The largest absolute Gasteiger partial charge is 0.381 e. The van der Waals surface area contributed by atoms with Gasteiger partial charge in [0.25, 0.3) is 0 Å². The molecule has 3 fully saturated rings. The van der Waals surface area contributed by atoms with Crippen LogP contribution in [0.15, 0.2) is 34.9 Å². The summed E-state index contributed by atoms with van der Waals surface area (Å²) >= 11 is 0. The third-order valence-corrected chi connectivity index (χ3v) is 7.17. The van der Waals surface area contributed by atoms with Crippen LogP contribution in [0.2, 0.25) is 0 Å². The minimum atomic E-state index is -0.0108. The number of carbonyl (C=O) groups excluding carboxylic acids is 1. The number of rotatable bonds is 3. The number of hydrogen-bond donors (Lipinski definition) is 0. The van der Waals surface area contributed by atoms with Crippen molar-refractivity contribution in [2.45, 2.75) is 50.9 Å². The van der Waals surface area contributed by atoms with Gasteiger partial charge < -0.3 is 14.2 Å². The van der Waals surface area contributed by atoms with E-state index >= 15 is 0 Å². The molecule has 5 rings (SSSR count). The van der Waals surface area contributed by atoms with Crippen molar-refractivity contribution in [2.24, 2.45) is 11.3 Å². The fourth-order valence-electron chi connectivity index (χ4n) is 5.45. The van der Waals surface area contributed by atoms with Crippen LogP contribution in [0.4, 0.5) is 0 Å². The molecule has 0 radical (unpaired) electrons. The molecule has 1 spiro atoms. The number of amides is 1. The van der Waals surface area contributed by atoms with Gasteiger partial charge in [-0.2, -0.15) is 4.98 Å². The van der Waals surface area contributed by atoms with Crippen LogP contribution < -0.4 is 0 Å². The predicted octanol–water partition coefficient (Wildman–Crippen LogP) is 4.04. The van der Waals surface area contributed by atoms with Crippen LogP contribution >= 0.6 is 0 Å². The fourth-order valence-corrected chi connectivity index (χ4v) is 5.45. The van der Waals surface area contributed by atoms with Gasteiger partial charge in [0.15, 0.2) is 0 Å². The SMILES string of the molecule is O=C(C1CCCCC1)N1CC(c2nc(-c3ccccc3)no2)C2(CCOCC2)C1. The van der Waals surface area contributed by atoms with E-state index in [1.54, 1.807) is 0 Å². The molecule has 1 aromatic carbocycles. The second-order valence-corrected chi connectivity index (χ2v) is 8.90. The van der Waals surface area contributed by atoms with Crippen LogP contribution in [0.3, 0.4) is 0 Å². The van der Waals surface area contributed by atoms with Crippen LogP contribution in [0.25, 0.3) is 11.4 Å². The summed E-state index contributed by atoms with van der Waals surface area (Å²) in [7, 11) is 0. The van der Waals surface area contributed by atoms with E-state index in [9.17, 15) is 4.79 Å². The Bertz CT molecular complexity index is 838. The molecule has 1 unspecified atom stereocenters. The van der Waals surface area contributed by atoms with Crippen molar-refractivity contribution in [3.05, 3.63) is 36.2 Å². The van der Waals surface area contributed by atoms with E-state index in [1.807, 2.05) is 30.3 Å². The van der Waals surface area contributed by atoms with Gasteiger partial charge in [0.2, 0.25) is 17.6 Å². The lowest BCUT2D eigenvalue weighted by molar-refractivity contribution is -0.136. The second kappa shape index (κ2) is 7.90. The monoisotopic (exact) mass is 395 g/mol. The normalized spacial score (nSPS) is 24.8. The third kappa shape index (κ3) is 3.59. The molecule has 1 aliphatic carbocycles. The summed E-state index contributed by atoms with van der Waals surface area (Å²) in [6.07, 6.45) is 7.57. The maximum Gasteiger partial charge on any atom is 0.232 e. The van der Waals surface area contributed by atoms with Crippen LogP contribution in [-0.4, -0.2) is 47.3 Å². The highest BCUT2D eigenvalue weighted by Gasteiger charge is 2.52. The van der Waals surface area contributed by atoms with Crippen LogP contribution in [-0.2, 0) is 9.53 Å². The van der Waals surface area contributed by atoms with Gasteiger partial charge in [-0.25, -0.2) is 0 Å². The zero-order valence-electron chi connectivity index (χ0n) is 16.9. The molecule has 154 valence electrons. The molecule has 1 amide bonds. The second-order valence-electron chi connectivity index (χ2n) is 8.90. The molecule has 2 saturated heterocycles. The molecule has 1 aromatic heterocycles. The Labute approximate surface area is 171 Å². The number of nitrogens with zero attached hydrogens (tertiary/aromatic N) is 3. The third-order valence-electron chi connectivity index (χ3n) is 7.17. The molecule has 6 heteroatoms. The molecular formula is C23H29N3O3. The van der Waals surface area contributed by atoms with Crippen molar-refractivity contribution in [3.63, 3.8) is 0 Å². The zero-order chi connectivity index (χ0) is 19.7. The molecule has 1 atom stereocenters. The Morgan fingerprint density at radius 2 is 1.83 bits per heavy atom. The average Bonchev–Trinajstić information content (AvgIpc) is 3.40. The molecule has 3 aliphatic rings. The predicted molar refractivity (Wildman–Crippen MR) is 108 cm³/mol. The molecule has 3 heterocycles. The lowest BCUT2D eigenvalue weighted by Gasteiger charge is -2.36. The first kappa shape index (κ1) is 18.8. The molecule has 2 aromatic rings. The molecule has 2 aliphatic heterocycles. The first-order chi connectivity index (χ1) is 14.3. The lowest BCUT2D eigenvalue weighted by Crippen LogP contribution is -2.39. The van der Waals surface area contributed by atoms with Crippen molar-refractivity contribution < 1.29 is 14.1 Å². The van der Waals surface area contributed by atoms with E-state index in [1.165, 1.54) is 19.3 Å². The Morgan fingerprint density at radius 1 is 1.07 bits per heavy atom. The number of likely N-dealkylation sites (tertiary alicyclic amines) is 1. The van der Waals surface area contributed by atoms with E-state index in [0.717, 1.165) is 51.0 Å². The molecule has 0 N–H and O–H groups in total. The van der Waals surface area contributed by atoms with Gasteiger partial charge in [0.1, 0.15) is 0 Å². The van der Waals surface area contributed by atoms with Crippen molar-refractivity contribution in [1.82, 2.24) is 15.0 Å². The van der Waals surface area contributed by atoms with Crippen molar-refractivity contribution in [1.29, 1.82) is 0 Å². The number of hydrogen-bond acceptors (Lipinski definition) is 5. The number of ether oxygens (including phenoxy) is 1. The Balaban J connectivity index is 1.41. The topological polar surface area (TPSA) is 68.5 Å². The average molecular weight is 396 g/mol. The number of benzene rings is 1. The highest BCUT2D eigenvalue weighted by Crippen LogP contribution is 2.49. The summed E-state index contributed by atoms with van der Waals surface area (Å²) in [4.78, 5) is 20.1. The molecule has 0 bridgehead atoms. The Kier molecular flexibility index (Phi) is 5.12. The molecular weight excluding hydrogens is 366 g/mol. The highest BCUT2D eigenvalue weighted by molar-refractivity contribution is 5.79. The standard InChI is InChI=1S/C23H29N3O3/c27-22(18-9-5-2-6-10-18)26-15-19(23(16-26)11-13-28-14-12-23)21-24-20(25-29-21)17-7-3-1-4-8-17/h1,3-4,7-8,18-19H,2,5-6,9-16H2. The summed E-state index contributed by atoms with van der Waals surface area (Å²) < 4.78 is 11.4. The summed E-state index contributed by atoms with van der Waals surface area (Å²) in [6.45, 7) is 2.95.